The summed E-state index contributed by atoms with van der Waals surface area (Å²) >= 11 is 18.5. The number of likely N-dealkylation sites (N-methyl/N-ethyl adjacent to an activating group) is 1. The Bertz CT molecular complexity index is 1190. The maximum atomic E-state index is 13.5. The van der Waals surface area contributed by atoms with Crippen LogP contribution in [0.5, 0.6) is 5.88 Å². The van der Waals surface area contributed by atoms with Crippen LogP contribution in [0.25, 0.3) is 0 Å². The van der Waals surface area contributed by atoms with Crippen LogP contribution in [0.15, 0.2) is 60.8 Å². The fourth-order valence-corrected chi connectivity index (χ4v) is 5.04. The molecule has 1 fully saturated rings. The molecule has 36 heavy (non-hydrogen) atoms. The van der Waals surface area contributed by atoms with Gasteiger partial charge < -0.3 is 14.5 Å². The number of carbonyl (C=O) groups is 1. The SMILES string of the molecule is C[C@@H](Oc1ccc(Cl)cn1)[C@@H]1CN(C(=O)c2ccc(CCN(C)C)cc2)C[C@H]1c1ccc(Cl)c(Cl)c1. The Kier molecular flexibility index (Phi) is 8.78. The number of carbonyl (C=O) groups excluding carboxylic acids is 1. The molecule has 0 spiro atoms. The Labute approximate surface area is 227 Å². The second-order valence-corrected chi connectivity index (χ2v) is 10.8. The molecule has 1 aliphatic heterocycles. The lowest BCUT2D eigenvalue weighted by atomic mass is 9.86. The molecule has 8 heteroatoms. The Balaban J connectivity index is 1.54. The van der Waals surface area contributed by atoms with Crippen LogP contribution in [0.3, 0.4) is 0 Å². The lowest BCUT2D eigenvalue weighted by Gasteiger charge is -2.25. The van der Waals surface area contributed by atoms with Crippen LogP contribution in [0.1, 0.15) is 34.3 Å². The summed E-state index contributed by atoms with van der Waals surface area (Å²) in [5, 5.41) is 1.56. The first-order valence-corrected chi connectivity index (χ1v) is 13.1. The van der Waals surface area contributed by atoms with Crippen molar-refractivity contribution >= 4 is 40.7 Å². The zero-order valence-electron chi connectivity index (χ0n) is 20.6. The number of benzene rings is 2. The van der Waals surface area contributed by atoms with Gasteiger partial charge >= 0.3 is 0 Å². The van der Waals surface area contributed by atoms with Crippen LogP contribution < -0.4 is 4.74 Å². The number of nitrogens with zero attached hydrogens (tertiary/aromatic N) is 3. The van der Waals surface area contributed by atoms with Crippen LogP contribution in [0.4, 0.5) is 0 Å². The van der Waals surface area contributed by atoms with Crippen molar-refractivity contribution in [3.05, 3.63) is 92.6 Å². The maximum Gasteiger partial charge on any atom is 0.253 e. The quantitative estimate of drug-likeness (QED) is 0.325. The number of aromatic nitrogens is 1. The minimum atomic E-state index is -0.204. The predicted octanol–water partition coefficient (Wildman–Crippen LogP) is 6.47. The molecule has 3 atom stereocenters. The summed E-state index contributed by atoms with van der Waals surface area (Å²) in [7, 11) is 4.11. The zero-order valence-corrected chi connectivity index (χ0v) is 22.9. The smallest absolute Gasteiger partial charge is 0.253 e. The zero-order chi connectivity index (χ0) is 25.8. The van der Waals surface area contributed by atoms with Gasteiger partial charge in [-0.3, -0.25) is 4.79 Å². The fourth-order valence-electron chi connectivity index (χ4n) is 4.63. The molecule has 1 aliphatic rings. The van der Waals surface area contributed by atoms with Gasteiger partial charge in [-0.1, -0.05) is 53.0 Å². The summed E-state index contributed by atoms with van der Waals surface area (Å²) in [4.78, 5) is 21.8. The first kappa shape index (κ1) is 26.7. The van der Waals surface area contributed by atoms with Gasteiger partial charge in [0.25, 0.3) is 5.91 Å². The van der Waals surface area contributed by atoms with Crippen molar-refractivity contribution in [2.75, 3.05) is 33.7 Å². The van der Waals surface area contributed by atoms with Crippen molar-refractivity contribution in [1.29, 1.82) is 0 Å². The van der Waals surface area contributed by atoms with Crippen LogP contribution in [-0.4, -0.2) is 60.5 Å². The summed E-state index contributed by atoms with van der Waals surface area (Å²) in [6.07, 6.45) is 2.30. The van der Waals surface area contributed by atoms with E-state index in [1.54, 1.807) is 24.4 Å². The van der Waals surface area contributed by atoms with Gasteiger partial charge in [-0.15, -0.1) is 0 Å². The van der Waals surface area contributed by atoms with E-state index in [-0.39, 0.29) is 23.8 Å². The summed E-state index contributed by atoms with van der Waals surface area (Å²) < 4.78 is 6.18. The van der Waals surface area contributed by atoms with Gasteiger partial charge in [0.2, 0.25) is 5.88 Å². The van der Waals surface area contributed by atoms with E-state index in [4.69, 9.17) is 39.5 Å². The van der Waals surface area contributed by atoms with Crippen LogP contribution in [0, 0.1) is 5.92 Å². The van der Waals surface area contributed by atoms with Crippen molar-refractivity contribution in [3.63, 3.8) is 0 Å². The van der Waals surface area contributed by atoms with E-state index >= 15 is 0 Å². The molecule has 0 saturated carbocycles. The summed E-state index contributed by atoms with van der Waals surface area (Å²) in [5.74, 6) is 0.574. The van der Waals surface area contributed by atoms with Crippen molar-refractivity contribution in [3.8, 4) is 5.88 Å². The highest BCUT2D eigenvalue weighted by molar-refractivity contribution is 6.42. The Morgan fingerprint density at radius 2 is 1.81 bits per heavy atom. The number of rotatable bonds is 8. The van der Waals surface area contributed by atoms with Gasteiger partial charge in [0.15, 0.2) is 0 Å². The van der Waals surface area contributed by atoms with Gasteiger partial charge in [-0.25, -0.2) is 4.98 Å². The minimum absolute atomic E-state index is 0.0125. The first-order chi connectivity index (χ1) is 17.2. The Morgan fingerprint density at radius 1 is 1.06 bits per heavy atom. The molecule has 0 bridgehead atoms. The van der Waals surface area contributed by atoms with E-state index < -0.39 is 0 Å². The highest BCUT2D eigenvalue weighted by Crippen LogP contribution is 2.38. The van der Waals surface area contributed by atoms with Crippen LogP contribution in [0.2, 0.25) is 15.1 Å². The van der Waals surface area contributed by atoms with E-state index in [2.05, 4.69) is 24.0 Å². The first-order valence-electron chi connectivity index (χ1n) is 12.0. The molecule has 4 rings (SSSR count). The molecule has 2 aromatic carbocycles. The molecule has 3 aromatic rings. The lowest BCUT2D eigenvalue weighted by Crippen LogP contribution is -2.32. The third-order valence-corrected chi connectivity index (χ3v) is 7.65. The standard InChI is InChI=1S/C28H30Cl3N3O2/c1-18(36-27-11-9-22(29)15-32-27)23-16-34(17-24(23)21-8-10-25(30)26(31)14-21)28(35)20-6-4-19(5-7-20)12-13-33(2)3/h4-11,14-15,18,23-24H,12-13,16-17H2,1-3H3/t18-,23+,24+/m1/s1. The molecule has 0 aliphatic carbocycles. The van der Waals surface area contributed by atoms with Gasteiger partial charge in [0, 0.05) is 49.3 Å². The van der Waals surface area contributed by atoms with Crippen molar-refractivity contribution in [2.24, 2.45) is 5.92 Å². The van der Waals surface area contributed by atoms with E-state index in [9.17, 15) is 4.79 Å². The summed E-state index contributed by atoms with van der Waals surface area (Å²) in [6, 6.07) is 17.1. The Morgan fingerprint density at radius 3 is 2.44 bits per heavy atom. The monoisotopic (exact) mass is 545 g/mol. The fraction of sp³-hybridized carbons (Fsp3) is 0.357. The van der Waals surface area contributed by atoms with Crippen molar-refractivity contribution < 1.29 is 9.53 Å². The number of hydrogen-bond donors (Lipinski definition) is 0. The topological polar surface area (TPSA) is 45.7 Å². The number of amides is 1. The summed E-state index contributed by atoms with van der Waals surface area (Å²) in [6.45, 7) is 4.10. The molecular weight excluding hydrogens is 517 g/mol. The third kappa shape index (κ3) is 6.51. The second-order valence-electron chi connectivity index (χ2n) is 9.54. The average Bonchev–Trinajstić information content (AvgIpc) is 3.31. The largest absolute Gasteiger partial charge is 0.474 e. The van der Waals surface area contributed by atoms with Crippen LogP contribution in [-0.2, 0) is 6.42 Å². The number of pyridine rings is 1. The normalized spacial score (nSPS) is 18.5. The molecule has 1 aromatic heterocycles. The van der Waals surface area contributed by atoms with E-state index in [0.717, 1.165) is 18.5 Å². The minimum Gasteiger partial charge on any atom is -0.474 e. The highest BCUT2D eigenvalue weighted by Gasteiger charge is 2.40. The molecule has 190 valence electrons. The predicted molar refractivity (Wildman–Crippen MR) is 147 cm³/mol. The molecular formula is C28H30Cl3N3O2. The van der Waals surface area contributed by atoms with Crippen molar-refractivity contribution in [1.82, 2.24) is 14.8 Å². The van der Waals surface area contributed by atoms with E-state index in [0.29, 0.717) is 39.6 Å². The number of ether oxygens (including phenoxy) is 1. The van der Waals surface area contributed by atoms with Gasteiger partial charge in [0.05, 0.1) is 15.1 Å². The number of hydrogen-bond acceptors (Lipinski definition) is 4. The molecule has 0 unspecified atom stereocenters. The van der Waals surface area contributed by atoms with Gasteiger partial charge in [-0.2, -0.15) is 0 Å². The molecule has 0 radical (unpaired) electrons. The van der Waals surface area contributed by atoms with Gasteiger partial charge in [-0.05, 0) is 68.9 Å². The third-order valence-electron chi connectivity index (χ3n) is 6.68. The van der Waals surface area contributed by atoms with E-state index in [1.807, 2.05) is 48.2 Å². The molecule has 1 saturated heterocycles. The molecule has 0 N–H and O–H groups in total. The van der Waals surface area contributed by atoms with Gasteiger partial charge in [0.1, 0.15) is 6.10 Å². The van der Waals surface area contributed by atoms with Crippen molar-refractivity contribution in [2.45, 2.75) is 25.4 Å². The number of halogens is 3. The average molecular weight is 547 g/mol. The molecule has 2 heterocycles. The Hall–Kier alpha value is -2.31. The maximum absolute atomic E-state index is 13.5. The second kappa shape index (κ2) is 11.8. The summed E-state index contributed by atoms with van der Waals surface area (Å²) in [5.41, 5.74) is 2.93. The highest BCUT2D eigenvalue weighted by atomic mass is 35.5. The lowest BCUT2D eigenvalue weighted by molar-refractivity contribution is 0.0769. The van der Waals surface area contributed by atoms with E-state index in [1.165, 1.54) is 5.56 Å². The number of likely N-dealkylation sites (tertiary alicyclic amines) is 1. The molecule has 5 nitrogen and oxygen atoms in total. The van der Waals surface area contributed by atoms with Crippen LogP contribution >= 0.6 is 34.8 Å². The molecule has 1 amide bonds.